The van der Waals surface area contributed by atoms with Gasteiger partial charge in [0, 0.05) is 25.9 Å². The molecule has 0 saturated carbocycles. The van der Waals surface area contributed by atoms with E-state index in [-0.39, 0.29) is 10.8 Å². The molecule has 0 atom stereocenters. The second kappa shape index (κ2) is 3.92. The van der Waals surface area contributed by atoms with Crippen LogP contribution >= 0.6 is 11.3 Å². The highest BCUT2D eigenvalue weighted by Crippen LogP contribution is 2.30. The number of hydrogen-bond donors (Lipinski definition) is 0. The summed E-state index contributed by atoms with van der Waals surface area (Å²) in [6.45, 7) is 4.28. The Balaban J connectivity index is 2.39. The zero-order chi connectivity index (χ0) is 12.8. The molecule has 0 radical (unpaired) electrons. The fourth-order valence-electron chi connectivity index (χ4n) is 2.10. The van der Waals surface area contributed by atoms with Gasteiger partial charge in [-0.2, -0.15) is 0 Å². The van der Waals surface area contributed by atoms with Gasteiger partial charge in [0.15, 0.2) is 5.43 Å². The maximum Gasteiger partial charge on any atom is 0.195 e. The molecule has 1 aliphatic rings. The monoisotopic (exact) mass is 254 g/mol. The van der Waals surface area contributed by atoms with E-state index in [0.717, 1.165) is 20.5 Å². The number of hydrogen-bond acceptors (Lipinski definition) is 2. The number of fused-ring (bicyclic) bond motifs is 2. The molecular formula is C16H14OS. The van der Waals surface area contributed by atoms with Gasteiger partial charge in [-0.15, -0.1) is 11.3 Å². The normalized spacial score (nSPS) is 16.6. The molecule has 90 valence electrons. The Kier molecular flexibility index (Phi) is 2.49. The quantitative estimate of drug-likeness (QED) is 0.684. The smallest absolute Gasteiger partial charge is 0.195 e. The van der Waals surface area contributed by atoms with E-state index < -0.39 is 0 Å². The first kappa shape index (κ1) is 11.4. The summed E-state index contributed by atoms with van der Waals surface area (Å²) < 4.78 is 1.05. The summed E-state index contributed by atoms with van der Waals surface area (Å²) in [6.07, 6.45) is 8.30. The van der Waals surface area contributed by atoms with E-state index >= 15 is 0 Å². The Labute approximate surface area is 110 Å². The van der Waals surface area contributed by atoms with E-state index in [1.54, 1.807) is 11.3 Å². The average Bonchev–Trinajstić information content (AvgIpc) is 2.50. The van der Waals surface area contributed by atoms with E-state index in [1.807, 2.05) is 30.3 Å². The van der Waals surface area contributed by atoms with Crippen LogP contribution in [0.5, 0.6) is 0 Å². The van der Waals surface area contributed by atoms with Crippen LogP contribution in [0, 0.1) is 5.41 Å². The molecule has 0 aliphatic heterocycles. The molecule has 0 amide bonds. The minimum atomic E-state index is 0.00433. The molecule has 18 heavy (non-hydrogen) atoms. The van der Waals surface area contributed by atoms with Crippen molar-refractivity contribution in [3.8, 4) is 0 Å². The van der Waals surface area contributed by atoms with Gasteiger partial charge in [-0.3, -0.25) is 4.79 Å². The second-order valence-corrected chi connectivity index (χ2v) is 6.28. The third-order valence-electron chi connectivity index (χ3n) is 3.21. The Bertz CT molecular complexity index is 732. The summed E-state index contributed by atoms with van der Waals surface area (Å²) >= 11 is 1.68. The molecule has 1 aromatic heterocycles. The zero-order valence-corrected chi connectivity index (χ0v) is 11.3. The van der Waals surface area contributed by atoms with Gasteiger partial charge in [0.05, 0.1) is 0 Å². The van der Waals surface area contributed by atoms with Gasteiger partial charge in [-0.1, -0.05) is 44.2 Å². The van der Waals surface area contributed by atoms with Gasteiger partial charge >= 0.3 is 0 Å². The Morgan fingerprint density at radius 2 is 1.78 bits per heavy atom. The van der Waals surface area contributed by atoms with Gasteiger partial charge in [0.2, 0.25) is 0 Å². The van der Waals surface area contributed by atoms with Crippen molar-refractivity contribution in [2.24, 2.45) is 5.41 Å². The standard InChI is InChI=1S/C16H14OS/c1-16(2)9-7-12-14(8-10-16)18-13-6-4-3-5-11(13)15(12)17/h3-10H,1-2H3. The molecule has 0 fully saturated rings. The van der Waals surface area contributed by atoms with Gasteiger partial charge in [-0.05, 0) is 18.2 Å². The van der Waals surface area contributed by atoms with Crippen molar-refractivity contribution >= 4 is 33.6 Å². The highest BCUT2D eigenvalue weighted by atomic mass is 32.1. The lowest BCUT2D eigenvalue weighted by atomic mass is 9.93. The van der Waals surface area contributed by atoms with Crippen LogP contribution in [-0.2, 0) is 0 Å². The fraction of sp³-hybridized carbons (Fsp3) is 0.188. The Hall–Kier alpha value is -1.67. The van der Waals surface area contributed by atoms with Gasteiger partial charge in [0.1, 0.15) is 0 Å². The predicted molar refractivity (Wildman–Crippen MR) is 79.9 cm³/mol. The minimum absolute atomic E-state index is 0.00433. The highest BCUT2D eigenvalue weighted by Gasteiger charge is 2.15. The summed E-state index contributed by atoms with van der Waals surface area (Å²) in [5.74, 6) is 0. The maximum absolute atomic E-state index is 12.5. The first-order valence-corrected chi connectivity index (χ1v) is 6.83. The van der Waals surface area contributed by atoms with Crippen LogP contribution in [0.1, 0.15) is 24.3 Å². The molecule has 0 unspecified atom stereocenters. The van der Waals surface area contributed by atoms with Crippen molar-refractivity contribution in [2.75, 3.05) is 0 Å². The summed E-state index contributed by atoms with van der Waals surface area (Å²) in [6, 6.07) is 7.81. The molecule has 1 aliphatic carbocycles. The van der Waals surface area contributed by atoms with E-state index in [1.165, 1.54) is 0 Å². The van der Waals surface area contributed by atoms with Crippen molar-refractivity contribution in [3.05, 3.63) is 57.1 Å². The third-order valence-corrected chi connectivity index (χ3v) is 4.36. The first-order chi connectivity index (χ1) is 8.57. The third kappa shape index (κ3) is 1.83. The molecule has 2 aromatic rings. The molecule has 0 N–H and O–H groups in total. The summed E-state index contributed by atoms with van der Waals surface area (Å²) in [4.78, 5) is 13.5. The minimum Gasteiger partial charge on any atom is -0.289 e. The average molecular weight is 254 g/mol. The second-order valence-electron chi connectivity index (χ2n) is 5.19. The predicted octanol–water partition coefficient (Wildman–Crippen LogP) is 4.33. The molecular weight excluding hydrogens is 240 g/mol. The molecule has 1 nitrogen and oxygen atoms in total. The molecule has 1 heterocycles. The summed E-state index contributed by atoms with van der Waals surface area (Å²) in [5, 5.41) is 0.819. The van der Waals surface area contributed by atoms with Gasteiger partial charge in [0.25, 0.3) is 0 Å². The van der Waals surface area contributed by atoms with Crippen LogP contribution in [0.3, 0.4) is 0 Å². The molecule has 3 rings (SSSR count). The summed E-state index contributed by atoms with van der Waals surface area (Å²) in [5.41, 5.74) is 0.961. The van der Waals surface area contributed by atoms with Crippen LogP contribution in [0.15, 0.2) is 41.2 Å². The van der Waals surface area contributed by atoms with E-state index in [9.17, 15) is 4.79 Å². The summed E-state index contributed by atoms with van der Waals surface area (Å²) in [7, 11) is 0. The molecule has 0 saturated heterocycles. The van der Waals surface area contributed by atoms with Crippen LogP contribution in [0.2, 0.25) is 0 Å². The largest absolute Gasteiger partial charge is 0.289 e. The molecule has 0 spiro atoms. The maximum atomic E-state index is 12.5. The highest BCUT2D eigenvalue weighted by molar-refractivity contribution is 7.19. The van der Waals surface area contributed by atoms with Crippen molar-refractivity contribution < 1.29 is 0 Å². The lowest BCUT2D eigenvalue weighted by Gasteiger charge is -2.11. The van der Waals surface area contributed by atoms with Crippen molar-refractivity contribution in [3.63, 3.8) is 0 Å². The Morgan fingerprint density at radius 3 is 2.61 bits per heavy atom. The van der Waals surface area contributed by atoms with Crippen molar-refractivity contribution in [1.82, 2.24) is 0 Å². The number of rotatable bonds is 0. The molecule has 0 bridgehead atoms. The van der Waals surface area contributed by atoms with Crippen molar-refractivity contribution in [2.45, 2.75) is 13.8 Å². The van der Waals surface area contributed by atoms with E-state index in [0.29, 0.717) is 0 Å². The van der Waals surface area contributed by atoms with Gasteiger partial charge in [-0.25, -0.2) is 0 Å². The molecule has 1 aromatic carbocycles. The SMILES string of the molecule is CC1(C)C=Cc2sc3ccccc3c(=O)c2C=C1. The van der Waals surface area contributed by atoms with Crippen LogP contribution < -0.4 is 5.43 Å². The van der Waals surface area contributed by atoms with Crippen LogP contribution in [0.4, 0.5) is 0 Å². The molecule has 2 heteroatoms. The number of allylic oxidation sites excluding steroid dienone is 2. The lowest BCUT2D eigenvalue weighted by molar-refractivity contribution is 0.633. The van der Waals surface area contributed by atoms with Gasteiger partial charge < -0.3 is 0 Å². The lowest BCUT2D eigenvalue weighted by Crippen LogP contribution is -2.06. The first-order valence-electron chi connectivity index (χ1n) is 6.01. The zero-order valence-electron chi connectivity index (χ0n) is 10.4. The fourth-order valence-corrected chi connectivity index (χ4v) is 3.16. The van der Waals surface area contributed by atoms with Crippen LogP contribution in [-0.4, -0.2) is 0 Å². The van der Waals surface area contributed by atoms with E-state index in [4.69, 9.17) is 0 Å². The Morgan fingerprint density at radius 1 is 1.06 bits per heavy atom. The van der Waals surface area contributed by atoms with Crippen LogP contribution in [0.25, 0.3) is 22.2 Å². The topological polar surface area (TPSA) is 17.1 Å². The number of benzene rings is 1. The van der Waals surface area contributed by atoms with E-state index in [2.05, 4.69) is 32.1 Å². The van der Waals surface area contributed by atoms with Crippen molar-refractivity contribution in [1.29, 1.82) is 0 Å².